The van der Waals surface area contributed by atoms with Crippen LogP contribution in [0.5, 0.6) is 0 Å². The highest BCUT2D eigenvalue weighted by molar-refractivity contribution is 5.79. The van der Waals surface area contributed by atoms with E-state index in [9.17, 15) is 0 Å². The number of aryl methyl sites for hydroxylation is 1. The van der Waals surface area contributed by atoms with Crippen molar-refractivity contribution < 1.29 is 4.74 Å². The van der Waals surface area contributed by atoms with Crippen molar-refractivity contribution in [3.8, 4) is 0 Å². The molecule has 19 heavy (non-hydrogen) atoms. The maximum atomic E-state index is 6.06. The molecule has 0 saturated heterocycles. The fourth-order valence-electron chi connectivity index (χ4n) is 2.31. The van der Waals surface area contributed by atoms with Gasteiger partial charge < -0.3 is 15.0 Å². The van der Waals surface area contributed by atoms with Gasteiger partial charge in [0.2, 0.25) is 5.95 Å². The Morgan fingerprint density at radius 1 is 1.37 bits per heavy atom. The van der Waals surface area contributed by atoms with Gasteiger partial charge in [0.05, 0.1) is 11.0 Å². The molecule has 0 atom stereocenters. The van der Waals surface area contributed by atoms with E-state index in [1.807, 2.05) is 0 Å². The summed E-state index contributed by atoms with van der Waals surface area (Å²) >= 11 is 0. The van der Waals surface area contributed by atoms with Gasteiger partial charge in [0.25, 0.3) is 0 Å². The lowest BCUT2D eigenvalue weighted by Gasteiger charge is -2.25. The van der Waals surface area contributed by atoms with Crippen molar-refractivity contribution >= 4 is 17.0 Å². The van der Waals surface area contributed by atoms with Gasteiger partial charge in [-0.1, -0.05) is 19.9 Å². The van der Waals surface area contributed by atoms with Crippen LogP contribution in [-0.4, -0.2) is 23.3 Å². The number of rotatable bonds is 5. The third-order valence-corrected chi connectivity index (χ3v) is 3.50. The summed E-state index contributed by atoms with van der Waals surface area (Å²) in [6, 6.07) is 6.27. The lowest BCUT2D eigenvalue weighted by atomic mass is 9.89. The van der Waals surface area contributed by atoms with E-state index in [1.165, 1.54) is 5.56 Å². The Bertz CT molecular complexity index is 572. The minimum Gasteiger partial charge on any atom is -0.385 e. The van der Waals surface area contributed by atoms with E-state index in [0.29, 0.717) is 5.95 Å². The number of benzene rings is 1. The maximum absolute atomic E-state index is 6.06. The van der Waals surface area contributed by atoms with Gasteiger partial charge in [-0.2, -0.15) is 0 Å². The Morgan fingerprint density at radius 2 is 2.11 bits per heavy atom. The Labute approximate surface area is 114 Å². The van der Waals surface area contributed by atoms with E-state index >= 15 is 0 Å². The summed E-state index contributed by atoms with van der Waals surface area (Å²) in [5.41, 5.74) is 9.47. The van der Waals surface area contributed by atoms with Crippen molar-refractivity contribution in [2.75, 3.05) is 19.5 Å². The van der Waals surface area contributed by atoms with Gasteiger partial charge in [0.15, 0.2) is 0 Å². The number of nitrogens with zero attached hydrogens (tertiary/aromatic N) is 2. The van der Waals surface area contributed by atoms with Gasteiger partial charge >= 0.3 is 0 Å². The first-order valence-electron chi connectivity index (χ1n) is 6.64. The lowest BCUT2D eigenvalue weighted by molar-refractivity contribution is 0.143. The highest BCUT2D eigenvalue weighted by Gasteiger charge is 2.21. The summed E-state index contributed by atoms with van der Waals surface area (Å²) in [5.74, 6) is 0.589. The van der Waals surface area contributed by atoms with Crippen LogP contribution in [0.4, 0.5) is 5.95 Å². The zero-order chi connectivity index (χ0) is 14.0. The summed E-state index contributed by atoms with van der Waals surface area (Å²) in [6.45, 7) is 8.13. The van der Waals surface area contributed by atoms with E-state index in [2.05, 4.69) is 48.5 Å². The average molecular weight is 261 g/mol. The minimum atomic E-state index is 0.128. The van der Waals surface area contributed by atoms with Crippen molar-refractivity contribution in [1.82, 2.24) is 9.55 Å². The first-order chi connectivity index (χ1) is 8.93. The fraction of sp³-hybridized carbons (Fsp3) is 0.533. The second-order valence-electron chi connectivity index (χ2n) is 5.96. The normalized spacial score (nSPS) is 12.2. The van der Waals surface area contributed by atoms with E-state index < -0.39 is 0 Å². The van der Waals surface area contributed by atoms with Crippen LogP contribution in [0.2, 0.25) is 0 Å². The highest BCUT2D eigenvalue weighted by Crippen LogP contribution is 2.28. The van der Waals surface area contributed by atoms with Crippen LogP contribution >= 0.6 is 0 Å². The SMILES string of the molecule is COCCC(C)(C)Cn1c(N)nc2cc(C)ccc21. The molecule has 0 aliphatic rings. The second kappa shape index (κ2) is 5.21. The molecule has 0 aliphatic carbocycles. The molecule has 2 rings (SSSR count). The third kappa shape index (κ3) is 3.07. The molecule has 0 amide bonds. The van der Waals surface area contributed by atoms with Gasteiger partial charge in [-0.15, -0.1) is 0 Å². The van der Waals surface area contributed by atoms with Crippen LogP contribution in [0.15, 0.2) is 18.2 Å². The molecule has 0 radical (unpaired) electrons. The molecule has 4 nitrogen and oxygen atoms in total. The Balaban J connectivity index is 2.32. The van der Waals surface area contributed by atoms with Gasteiger partial charge in [-0.05, 0) is 36.5 Å². The van der Waals surface area contributed by atoms with Crippen molar-refractivity contribution in [2.45, 2.75) is 33.7 Å². The van der Waals surface area contributed by atoms with Gasteiger partial charge in [-0.25, -0.2) is 4.98 Å². The Morgan fingerprint density at radius 3 is 2.79 bits per heavy atom. The van der Waals surface area contributed by atoms with Gasteiger partial charge in [0.1, 0.15) is 0 Å². The Kier molecular flexibility index (Phi) is 3.80. The molecular weight excluding hydrogens is 238 g/mol. The first kappa shape index (κ1) is 13.9. The topological polar surface area (TPSA) is 53.1 Å². The molecule has 2 aromatic rings. The average Bonchev–Trinajstić information content (AvgIpc) is 2.62. The van der Waals surface area contributed by atoms with Crippen LogP contribution < -0.4 is 5.73 Å². The molecule has 1 heterocycles. The van der Waals surface area contributed by atoms with Crippen molar-refractivity contribution in [3.05, 3.63) is 23.8 Å². The quantitative estimate of drug-likeness (QED) is 0.900. The molecule has 0 spiro atoms. The molecule has 0 saturated carbocycles. The standard InChI is InChI=1S/C15H23N3O/c1-11-5-6-13-12(9-11)17-14(16)18(13)10-15(2,3)7-8-19-4/h5-6,9H,7-8,10H2,1-4H3,(H2,16,17). The molecule has 0 unspecified atom stereocenters. The molecule has 1 aromatic carbocycles. The van der Waals surface area contributed by atoms with E-state index in [-0.39, 0.29) is 5.41 Å². The van der Waals surface area contributed by atoms with E-state index in [4.69, 9.17) is 10.5 Å². The number of aromatic nitrogens is 2. The van der Waals surface area contributed by atoms with E-state index in [1.54, 1.807) is 7.11 Å². The number of methoxy groups -OCH3 is 1. The summed E-state index contributed by atoms with van der Waals surface area (Å²) in [6.07, 6.45) is 0.995. The number of nitrogen functional groups attached to an aromatic ring is 1. The molecule has 4 heteroatoms. The molecule has 2 N–H and O–H groups in total. The molecule has 0 aliphatic heterocycles. The Hall–Kier alpha value is -1.55. The summed E-state index contributed by atoms with van der Waals surface area (Å²) in [7, 11) is 1.74. The fourth-order valence-corrected chi connectivity index (χ4v) is 2.31. The molecular formula is C15H23N3O. The largest absolute Gasteiger partial charge is 0.385 e. The number of ether oxygens (including phenoxy) is 1. The zero-order valence-electron chi connectivity index (χ0n) is 12.2. The monoisotopic (exact) mass is 261 g/mol. The summed E-state index contributed by atoms with van der Waals surface area (Å²) in [5, 5.41) is 0. The van der Waals surface area contributed by atoms with E-state index in [0.717, 1.165) is 30.6 Å². The predicted octanol–water partition coefficient (Wildman–Crippen LogP) is 2.99. The van der Waals surface area contributed by atoms with Crippen LogP contribution in [0.25, 0.3) is 11.0 Å². The molecule has 1 aromatic heterocycles. The number of fused-ring (bicyclic) bond motifs is 1. The van der Waals surface area contributed by atoms with Crippen molar-refractivity contribution in [3.63, 3.8) is 0 Å². The lowest BCUT2D eigenvalue weighted by Crippen LogP contribution is -2.22. The third-order valence-electron chi connectivity index (χ3n) is 3.50. The first-order valence-corrected chi connectivity index (χ1v) is 6.64. The second-order valence-corrected chi connectivity index (χ2v) is 5.96. The minimum absolute atomic E-state index is 0.128. The number of hydrogen-bond acceptors (Lipinski definition) is 3. The van der Waals surface area contributed by atoms with Crippen LogP contribution in [0, 0.1) is 12.3 Å². The zero-order valence-corrected chi connectivity index (χ0v) is 12.2. The van der Waals surface area contributed by atoms with Gasteiger partial charge in [0, 0.05) is 20.3 Å². The highest BCUT2D eigenvalue weighted by atomic mass is 16.5. The number of anilines is 1. The maximum Gasteiger partial charge on any atom is 0.201 e. The van der Waals surface area contributed by atoms with Crippen LogP contribution in [-0.2, 0) is 11.3 Å². The smallest absolute Gasteiger partial charge is 0.201 e. The molecule has 0 bridgehead atoms. The van der Waals surface area contributed by atoms with Crippen molar-refractivity contribution in [1.29, 1.82) is 0 Å². The van der Waals surface area contributed by atoms with Crippen molar-refractivity contribution in [2.24, 2.45) is 5.41 Å². The number of hydrogen-bond donors (Lipinski definition) is 1. The van der Waals surface area contributed by atoms with Crippen LogP contribution in [0.1, 0.15) is 25.8 Å². The summed E-state index contributed by atoms with van der Waals surface area (Å²) in [4.78, 5) is 4.45. The van der Waals surface area contributed by atoms with Gasteiger partial charge in [-0.3, -0.25) is 0 Å². The predicted molar refractivity (Wildman–Crippen MR) is 79.2 cm³/mol. The molecule has 0 fully saturated rings. The number of nitrogens with two attached hydrogens (primary N) is 1. The van der Waals surface area contributed by atoms with Crippen LogP contribution in [0.3, 0.4) is 0 Å². The molecule has 104 valence electrons. The number of imidazole rings is 1. The summed E-state index contributed by atoms with van der Waals surface area (Å²) < 4.78 is 7.28.